The molecule has 0 aliphatic heterocycles. The van der Waals surface area contributed by atoms with E-state index in [9.17, 15) is 18.0 Å². The molecule has 4 aromatic rings. The van der Waals surface area contributed by atoms with Crippen LogP contribution in [0.5, 0.6) is 5.75 Å². The molecular weight excluding hydrogens is 469 g/mol. The fourth-order valence-electron chi connectivity index (χ4n) is 2.92. The quantitative estimate of drug-likeness (QED) is 0.296. The molecule has 12 heteroatoms. The van der Waals surface area contributed by atoms with Crippen molar-refractivity contribution in [2.24, 2.45) is 0 Å². The molecule has 0 atom stereocenters. The minimum atomic E-state index is -4.80. The summed E-state index contributed by atoms with van der Waals surface area (Å²) in [6.45, 7) is 1.93. The third kappa shape index (κ3) is 5.90. The smallest absolute Gasteiger partial charge is 0.406 e. The Balaban J connectivity index is 1.63. The van der Waals surface area contributed by atoms with E-state index in [1.165, 1.54) is 28.6 Å². The Hall–Kier alpha value is -3.93. The van der Waals surface area contributed by atoms with E-state index < -0.39 is 12.3 Å². The second kappa shape index (κ2) is 9.91. The minimum Gasteiger partial charge on any atom is -0.406 e. The van der Waals surface area contributed by atoms with Crippen LogP contribution in [0, 0.1) is 6.92 Å². The molecule has 2 heterocycles. The number of hydrogen-bond acceptors (Lipinski definition) is 7. The van der Waals surface area contributed by atoms with E-state index >= 15 is 0 Å². The molecule has 34 heavy (non-hydrogen) atoms. The van der Waals surface area contributed by atoms with Gasteiger partial charge in [0.25, 0.3) is 5.91 Å². The maximum Gasteiger partial charge on any atom is 0.573 e. The molecule has 0 aliphatic rings. The fourth-order valence-corrected chi connectivity index (χ4v) is 3.72. The van der Waals surface area contributed by atoms with E-state index in [4.69, 9.17) is 0 Å². The number of ether oxygens (including phenoxy) is 1. The van der Waals surface area contributed by atoms with Crippen molar-refractivity contribution in [2.45, 2.75) is 24.2 Å². The third-order valence-electron chi connectivity index (χ3n) is 4.48. The molecular formula is C22H17F3N6O2S. The van der Waals surface area contributed by atoms with Crippen molar-refractivity contribution in [1.82, 2.24) is 25.0 Å². The SMILES string of the molecule is Cc1ccc(NC(=O)c2nnn(-c3ccc(OC(F)(F)F)cc3)c2CSc2ncccn2)cc1. The van der Waals surface area contributed by atoms with Gasteiger partial charge in [-0.3, -0.25) is 4.79 Å². The average Bonchev–Trinajstić information content (AvgIpc) is 3.23. The molecule has 0 spiro atoms. The highest BCUT2D eigenvalue weighted by molar-refractivity contribution is 7.98. The van der Waals surface area contributed by atoms with E-state index in [0.717, 1.165) is 17.7 Å². The molecule has 0 aliphatic carbocycles. The summed E-state index contributed by atoms with van der Waals surface area (Å²) in [7, 11) is 0. The summed E-state index contributed by atoms with van der Waals surface area (Å²) in [6.07, 6.45) is -1.61. The first kappa shape index (κ1) is 23.2. The number of alkyl halides is 3. The molecule has 2 aromatic heterocycles. The van der Waals surface area contributed by atoms with E-state index in [1.54, 1.807) is 30.6 Å². The van der Waals surface area contributed by atoms with E-state index in [0.29, 0.717) is 22.2 Å². The molecule has 8 nitrogen and oxygen atoms in total. The number of thioether (sulfide) groups is 1. The van der Waals surface area contributed by atoms with Gasteiger partial charge in [0.2, 0.25) is 0 Å². The number of nitrogens with one attached hydrogen (secondary N) is 1. The first-order chi connectivity index (χ1) is 16.3. The second-order valence-corrected chi connectivity index (χ2v) is 7.92. The van der Waals surface area contributed by atoms with Crippen LogP contribution in [0.4, 0.5) is 18.9 Å². The van der Waals surface area contributed by atoms with E-state index in [-0.39, 0.29) is 17.2 Å². The van der Waals surface area contributed by atoms with Gasteiger partial charge < -0.3 is 10.1 Å². The van der Waals surface area contributed by atoms with Crippen LogP contribution in [0.2, 0.25) is 0 Å². The molecule has 2 aromatic carbocycles. The second-order valence-electron chi connectivity index (χ2n) is 6.98. The van der Waals surface area contributed by atoms with Crippen molar-refractivity contribution in [3.63, 3.8) is 0 Å². The minimum absolute atomic E-state index is 0.0691. The fraction of sp³-hybridized carbons (Fsp3) is 0.136. The van der Waals surface area contributed by atoms with E-state index in [2.05, 4.69) is 30.3 Å². The van der Waals surface area contributed by atoms with Gasteiger partial charge in [0.05, 0.1) is 11.4 Å². The highest BCUT2D eigenvalue weighted by Crippen LogP contribution is 2.26. The molecule has 0 radical (unpaired) electrons. The monoisotopic (exact) mass is 486 g/mol. The summed E-state index contributed by atoms with van der Waals surface area (Å²) in [5.74, 6) is -0.618. The average molecular weight is 486 g/mol. The number of carbonyl (C=O) groups excluding carboxylic acids is 1. The molecule has 0 bridgehead atoms. The summed E-state index contributed by atoms with van der Waals surface area (Å²) in [5.41, 5.74) is 2.53. The summed E-state index contributed by atoms with van der Waals surface area (Å²) >= 11 is 1.26. The lowest BCUT2D eigenvalue weighted by Gasteiger charge is -2.11. The Morgan fingerprint density at radius 3 is 2.38 bits per heavy atom. The number of carbonyl (C=O) groups is 1. The lowest BCUT2D eigenvalue weighted by atomic mass is 10.2. The summed E-state index contributed by atoms with van der Waals surface area (Å²) in [6, 6.07) is 14.0. The number of nitrogens with zero attached hydrogens (tertiary/aromatic N) is 5. The molecule has 0 saturated heterocycles. The van der Waals surface area contributed by atoms with Gasteiger partial charge in [-0.1, -0.05) is 34.7 Å². The summed E-state index contributed by atoms with van der Waals surface area (Å²) in [5, 5.41) is 11.4. The van der Waals surface area contributed by atoms with Crippen LogP contribution in [0.3, 0.4) is 0 Å². The largest absolute Gasteiger partial charge is 0.573 e. The van der Waals surface area contributed by atoms with Crippen molar-refractivity contribution in [3.8, 4) is 11.4 Å². The first-order valence-electron chi connectivity index (χ1n) is 9.87. The van der Waals surface area contributed by atoms with Crippen LogP contribution in [0.25, 0.3) is 5.69 Å². The van der Waals surface area contributed by atoms with Crippen LogP contribution in [-0.4, -0.2) is 37.2 Å². The Bertz CT molecular complexity index is 1260. The number of rotatable bonds is 7. The molecule has 4 rings (SSSR count). The summed E-state index contributed by atoms with van der Waals surface area (Å²) < 4.78 is 42.7. The number of benzene rings is 2. The van der Waals surface area contributed by atoms with Gasteiger partial charge in [-0.05, 0) is 49.4 Å². The van der Waals surface area contributed by atoms with Gasteiger partial charge in [-0.25, -0.2) is 14.6 Å². The lowest BCUT2D eigenvalue weighted by molar-refractivity contribution is -0.274. The van der Waals surface area contributed by atoms with Gasteiger partial charge in [0, 0.05) is 23.8 Å². The highest BCUT2D eigenvalue weighted by Gasteiger charge is 2.31. The summed E-state index contributed by atoms with van der Waals surface area (Å²) in [4.78, 5) is 21.3. The van der Waals surface area contributed by atoms with Gasteiger partial charge in [-0.15, -0.1) is 18.3 Å². The van der Waals surface area contributed by atoms with Gasteiger partial charge >= 0.3 is 6.36 Å². The predicted octanol–water partition coefficient (Wildman–Crippen LogP) is 4.81. The maximum atomic E-state index is 13.0. The molecule has 0 unspecified atom stereocenters. The number of aryl methyl sites for hydroxylation is 1. The van der Waals surface area contributed by atoms with Crippen molar-refractivity contribution in [3.05, 3.63) is 83.9 Å². The van der Waals surface area contributed by atoms with Crippen molar-refractivity contribution in [2.75, 3.05) is 5.32 Å². The number of amides is 1. The topological polar surface area (TPSA) is 94.8 Å². The Morgan fingerprint density at radius 2 is 1.74 bits per heavy atom. The van der Waals surface area contributed by atoms with Crippen LogP contribution < -0.4 is 10.1 Å². The number of aromatic nitrogens is 5. The van der Waals surface area contributed by atoms with Gasteiger partial charge in [0.15, 0.2) is 10.9 Å². The Kier molecular flexibility index (Phi) is 6.77. The van der Waals surface area contributed by atoms with Crippen LogP contribution in [0.15, 0.2) is 72.1 Å². The zero-order valence-electron chi connectivity index (χ0n) is 17.7. The molecule has 0 fully saturated rings. The lowest BCUT2D eigenvalue weighted by Crippen LogP contribution is -2.17. The number of halogens is 3. The molecule has 1 amide bonds. The van der Waals surface area contributed by atoms with Crippen LogP contribution in [0.1, 0.15) is 21.7 Å². The molecule has 0 saturated carbocycles. The third-order valence-corrected chi connectivity index (χ3v) is 5.37. The van der Waals surface area contributed by atoms with Gasteiger partial charge in [-0.2, -0.15) is 0 Å². The normalized spacial score (nSPS) is 11.3. The Labute approximate surface area is 196 Å². The first-order valence-corrected chi connectivity index (χ1v) is 10.9. The van der Waals surface area contributed by atoms with Crippen LogP contribution in [-0.2, 0) is 5.75 Å². The van der Waals surface area contributed by atoms with E-state index in [1.807, 2.05) is 19.1 Å². The number of anilines is 1. The predicted molar refractivity (Wildman–Crippen MR) is 119 cm³/mol. The Morgan fingerprint density at radius 1 is 1.06 bits per heavy atom. The maximum absolute atomic E-state index is 13.0. The zero-order chi connectivity index (χ0) is 24.1. The van der Waals surface area contributed by atoms with Crippen molar-refractivity contribution < 1.29 is 22.7 Å². The van der Waals surface area contributed by atoms with Crippen molar-refractivity contribution in [1.29, 1.82) is 0 Å². The molecule has 174 valence electrons. The van der Waals surface area contributed by atoms with Crippen LogP contribution >= 0.6 is 11.8 Å². The number of hydrogen-bond donors (Lipinski definition) is 1. The standard InChI is InChI=1S/C22H17F3N6O2S/c1-14-3-5-15(6-4-14)28-20(32)19-18(13-34-21-26-11-2-12-27-21)31(30-29-19)16-7-9-17(10-8-16)33-22(23,24)25/h2-12H,13H2,1H3,(H,28,32). The van der Waals surface area contributed by atoms with Crippen molar-refractivity contribution >= 4 is 23.4 Å². The zero-order valence-corrected chi connectivity index (χ0v) is 18.5. The van der Waals surface area contributed by atoms with Gasteiger partial charge in [0.1, 0.15) is 5.75 Å². The highest BCUT2D eigenvalue weighted by atomic mass is 32.2. The molecule has 1 N–H and O–H groups in total.